The Morgan fingerprint density at radius 3 is 2.43 bits per heavy atom. The van der Waals surface area contributed by atoms with E-state index in [1.54, 1.807) is 0 Å². The Morgan fingerprint density at radius 2 is 1.76 bits per heavy atom. The van der Waals surface area contributed by atoms with Crippen LogP contribution in [0.15, 0.2) is 30.3 Å². The molecule has 116 valence electrons. The lowest BCUT2D eigenvalue weighted by molar-refractivity contribution is -0.285. The smallest absolute Gasteiger partial charge is 0.158 e. The maximum atomic E-state index is 5.97. The van der Waals surface area contributed by atoms with Gasteiger partial charge in [0.1, 0.15) is 0 Å². The van der Waals surface area contributed by atoms with E-state index < -0.39 is 0 Å². The highest BCUT2D eigenvalue weighted by Gasteiger charge is 2.33. The second-order valence-electron chi connectivity index (χ2n) is 6.19. The molecule has 0 N–H and O–H groups in total. The maximum absolute atomic E-state index is 5.97. The molecular formula is C18H26O3. The first-order valence-electron chi connectivity index (χ1n) is 8.28. The van der Waals surface area contributed by atoms with Crippen molar-refractivity contribution < 1.29 is 14.2 Å². The van der Waals surface area contributed by atoms with Gasteiger partial charge >= 0.3 is 0 Å². The molecule has 3 rings (SSSR count). The highest BCUT2D eigenvalue weighted by atomic mass is 16.7. The van der Waals surface area contributed by atoms with Crippen molar-refractivity contribution in [3.05, 3.63) is 35.9 Å². The van der Waals surface area contributed by atoms with E-state index in [9.17, 15) is 0 Å². The van der Waals surface area contributed by atoms with Crippen LogP contribution in [0.5, 0.6) is 0 Å². The third-order valence-corrected chi connectivity index (χ3v) is 4.48. The maximum Gasteiger partial charge on any atom is 0.158 e. The largest absolute Gasteiger partial charge is 0.376 e. The van der Waals surface area contributed by atoms with Gasteiger partial charge in [0.05, 0.1) is 25.4 Å². The molecule has 0 aromatic heterocycles. The number of hydrogen-bond donors (Lipinski definition) is 0. The van der Waals surface area contributed by atoms with Gasteiger partial charge in [-0.1, -0.05) is 43.7 Å². The summed E-state index contributed by atoms with van der Waals surface area (Å²) in [4.78, 5) is 0. The van der Waals surface area contributed by atoms with Crippen molar-refractivity contribution in [3.63, 3.8) is 0 Å². The van der Waals surface area contributed by atoms with Gasteiger partial charge in [0, 0.05) is 6.42 Å². The molecule has 2 heterocycles. The molecule has 3 atom stereocenters. The lowest BCUT2D eigenvalue weighted by Crippen LogP contribution is -2.46. The monoisotopic (exact) mass is 290 g/mol. The summed E-state index contributed by atoms with van der Waals surface area (Å²) in [7, 11) is 0. The van der Waals surface area contributed by atoms with Gasteiger partial charge < -0.3 is 14.2 Å². The van der Waals surface area contributed by atoms with Crippen molar-refractivity contribution in [2.75, 3.05) is 13.2 Å². The fourth-order valence-corrected chi connectivity index (χ4v) is 3.44. The molecule has 3 nitrogen and oxygen atoms in total. The molecule has 0 amide bonds. The minimum absolute atomic E-state index is 0.0410. The Kier molecular flexibility index (Phi) is 5.28. The van der Waals surface area contributed by atoms with Crippen LogP contribution in [0.25, 0.3) is 0 Å². The van der Waals surface area contributed by atoms with Gasteiger partial charge in [-0.3, -0.25) is 0 Å². The molecule has 3 heteroatoms. The van der Waals surface area contributed by atoms with Crippen molar-refractivity contribution in [2.45, 2.75) is 63.4 Å². The molecule has 0 spiro atoms. The Morgan fingerprint density at radius 1 is 1.05 bits per heavy atom. The molecule has 2 saturated heterocycles. The lowest BCUT2D eigenvalue weighted by atomic mass is 9.90. The first-order valence-corrected chi connectivity index (χ1v) is 8.28. The van der Waals surface area contributed by atoms with Crippen molar-refractivity contribution in [3.8, 4) is 0 Å². The summed E-state index contributed by atoms with van der Waals surface area (Å²) in [5, 5.41) is 0. The molecular weight excluding hydrogens is 264 g/mol. The van der Waals surface area contributed by atoms with E-state index in [0.29, 0.717) is 5.92 Å². The fraction of sp³-hybridized carbons (Fsp3) is 0.667. The summed E-state index contributed by atoms with van der Waals surface area (Å²) in [5.41, 5.74) is 1.44. The summed E-state index contributed by atoms with van der Waals surface area (Å²) in [6, 6.07) is 10.8. The van der Waals surface area contributed by atoms with Crippen molar-refractivity contribution >= 4 is 0 Å². The van der Waals surface area contributed by atoms with Gasteiger partial charge in [0.25, 0.3) is 0 Å². The van der Waals surface area contributed by atoms with Crippen LogP contribution in [0.2, 0.25) is 0 Å². The summed E-state index contributed by atoms with van der Waals surface area (Å²) in [6.07, 6.45) is 5.98. The number of hydrogen-bond acceptors (Lipinski definition) is 3. The normalized spacial score (nSPS) is 30.0. The Labute approximate surface area is 127 Å². The topological polar surface area (TPSA) is 27.7 Å². The molecule has 2 bridgehead atoms. The second-order valence-corrected chi connectivity index (χ2v) is 6.19. The number of benzene rings is 1. The quantitative estimate of drug-likeness (QED) is 0.795. The zero-order valence-corrected chi connectivity index (χ0v) is 12.9. The zero-order chi connectivity index (χ0) is 14.5. The molecule has 1 aromatic carbocycles. The highest BCUT2D eigenvalue weighted by Crippen LogP contribution is 2.31. The van der Waals surface area contributed by atoms with Gasteiger partial charge in [-0.05, 0) is 30.7 Å². The van der Waals surface area contributed by atoms with Crippen LogP contribution in [0.3, 0.4) is 0 Å². The SMILES string of the molecule is CCCC(CCC1OC2COCC(C2)O1)c1ccccc1. The van der Waals surface area contributed by atoms with Crippen LogP contribution in [0.4, 0.5) is 0 Å². The van der Waals surface area contributed by atoms with Crippen LogP contribution < -0.4 is 0 Å². The zero-order valence-electron chi connectivity index (χ0n) is 12.9. The first kappa shape index (κ1) is 15.0. The molecule has 2 aliphatic rings. The molecule has 2 fully saturated rings. The molecule has 0 saturated carbocycles. The van der Waals surface area contributed by atoms with E-state index in [4.69, 9.17) is 14.2 Å². The Bertz CT molecular complexity index is 408. The van der Waals surface area contributed by atoms with E-state index in [0.717, 1.165) is 32.5 Å². The van der Waals surface area contributed by atoms with Crippen LogP contribution in [0.1, 0.15) is 50.5 Å². The molecule has 3 unspecified atom stereocenters. The van der Waals surface area contributed by atoms with Gasteiger partial charge in [-0.2, -0.15) is 0 Å². The van der Waals surface area contributed by atoms with Gasteiger partial charge in [0.2, 0.25) is 0 Å². The van der Waals surface area contributed by atoms with Gasteiger partial charge in [-0.15, -0.1) is 0 Å². The minimum atomic E-state index is -0.0410. The van der Waals surface area contributed by atoms with Gasteiger partial charge in [-0.25, -0.2) is 0 Å². The molecule has 21 heavy (non-hydrogen) atoms. The molecule has 0 radical (unpaired) electrons. The average molecular weight is 290 g/mol. The predicted octanol–water partition coefficient (Wildman–Crippen LogP) is 3.88. The average Bonchev–Trinajstić information content (AvgIpc) is 2.52. The van der Waals surface area contributed by atoms with Crippen LogP contribution in [-0.4, -0.2) is 31.7 Å². The van der Waals surface area contributed by atoms with Crippen molar-refractivity contribution in [1.82, 2.24) is 0 Å². The number of ether oxygens (including phenoxy) is 3. The van der Waals surface area contributed by atoms with E-state index >= 15 is 0 Å². The van der Waals surface area contributed by atoms with E-state index in [-0.39, 0.29) is 18.5 Å². The summed E-state index contributed by atoms with van der Waals surface area (Å²) < 4.78 is 17.4. The summed E-state index contributed by atoms with van der Waals surface area (Å²) in [6.45, 7) is 3.71. The Balaban J connectivity index is 1.54. The van der Waals surface area contributed by atoms with E-state index in [1.165, 1.54) is 18.4 Å². The Hall–Kier alpha value is -0.900. The highest BCUT2D eigenvalue weighted by molar-refractivity contribution is 5.19. The third kappa shape index (κ3) is 4.06. The van der Waals surface area contributed by atoms with E-state index in [1.807, 2.05) is 0 Å². The van der Waals surface area contributed by atoms with Crippen LogP contribution in [0, 0.1) is 0 Å². The summed E-state index contributed by atoms with van der Waals surface area (Å²) >= 11 is 0. The standard InChI is InChI=1S/C18H26O3/c1-2-6-14(15-7-4-3-5-8-15)9-10-18-20-16-11-17(21-18)13-19-12-16/h3-5,7-8,14,16-18H,2,6,9-13H2,1H3. The number of fused-ring (bicyclic) bond motifs is 2. The summed E-state index contributed by atoms with van der Waals surface area (Å²) in [5.74, 6) is 0.612. The van der Waals surface area contributed by atoms with E-state index in [2.05, 4.69) is 37.3 Å². The molecule has 1 aromatic rings. The third-order valence-electron chi connectivity index (χ3n) is 4.48. The van der Waals surface area contributed by atoms with Crippen molar-refractivity contribution in [1.29, 1.82) is 0 Å². The molecule has 2 aliphatic heterocycles. The van der Waals surface area contributed by atoms with Crippen molar-refractivity contribution in [2.24, 2.45) is 0 Å². The van der Waals surface area contributed by atoms with Crippen LogP contribution >= 0.6 is 0 Å². The van der Waals surface area contributed by atoms with Gasteiger partial charge in [0.15, 0.2) is 6.29 Å². The fourth-order valence-electron chi connectivity index (χ4n) is 3.44. The first-order chi connectivity index (χ1) is 10.3. The number of rotatable bonds is 6. The molecule has 0 aliphatic carbocycles. The van der Waals surface area contributed by atoms with Crippen LogP contribution in [-0.2, 0) is 14.2 Å². The minimum Gasteiger partial charge on any atom is -0.376 e. The predicted molar refractivity (Wildman–Crippen MR) is 82.3 cm³/mol. The lowest BCUT2D eigenvalue weighted by Gasteiger charge is -2.39. The second kappa shape index (κ2) is 7.39.